The lowest BCUT2D eigenvalue weighted by Crippen LogP contribution is -2.42. The minimum absolute atomic E-state index is 0.167. The summed E-state index contributed by atoms with van der Waals surface area (Å²) in [6, 6.07) is 12.3. The smallest absolute Gasteiger partial charge is 0.269 e. The van der Waals surface area contributed by atoms with Crippen molar-refractivity contribution in [2.45, 2.75) is 19.8 Å². The van der Waals surface area contributed by atoms with Gasteiger partial charge in [0.25, 0.3) is 5.91 Å². The number of rotatable bonds is 7. The summed E-state index contributed by atoms with van der Waals surface area (Å²) in [5, 5.41) is 0. The van der Waals surface area contributed by atoms with Gasteiger partial charge in [-0.25, -0.2) is 0 Å². The molecule has 6 nitrogen and oxygen atoms in total. The molecule has 0 heterocycles. The molecule has 0 atom stereocenters. The van der Waals surface area contributed by atoms with Crippen LogP contribution in [-0.4, -0.2) is 25.5 Å². The highest BCUT2D eigenvalue weighted by molar-refractivity contribution is 9.10. The molecule has 26 heavy (non-hydrogen) atoms. The second-order valence-corrected chi connectivity index (χ2v) is 6.44. The summed E-state index contributed by atoms with van der Waals surface area (Å²) >= 11 is 3.34. The largest absolute Gasteiger partial charge is 0.493 e. The molecule has 0 aliphatic rings. The van der Waals surface area contributed by atoms with Crippen LogP contribution in [0.2, 0.25) is 0 Å². The molecule has 0 radical (unpaired) electrons. The number of hydrazine groups is 1. The Morgan fingerprint density at radius 2 is 1.77 bits per heavy atom. The number of nitrogens with one attached hydrogen (secondary N) is 2. The summed E-state index contributed by atoms with van der Waals surface area (Å²) in [4.78, 5) is 24.2. The molecule has 0 bridgehead atoms. The third-order valence-corrected chi connectivity index (χ3v) is 4.01. The van der Waals surface area contributed by atoms with Crippen LogP contribution in [0.1, 0.15) is 29.3 Å². The van der Waals surface area contributed by atoms with E-state index in [0.717, 1.165) is 16.5 Å². The first-order chi connectivity index (χ1) is 12.5. The zero-order valence-corrected chi connectivity index (χ0v) is 16.3. The minimum atomic E-state index is -0.436. The molecule has 0 aliphatic heterocycles. The van der Waals surface area contributed by atoms with Crippen LogP contribution in [0.15, 0.2) is 46.9 Å². The summed E-state index contributed by atoms with van der Waals surface area (Å²) in [6.45, 7) is 2.57. The molecule has 0 saturated heterocycles. The number of hydrogen-bond acceptors (Lipinski definition) is 4. The first kappa shape index (κ1) is 19.8. The number of carbonyl (C=O) groups excluding carboxylic acids is 2. The third kappa shape index (κ3) is 5.77. The highest BCUT2D eigenvalue weighted by Gasteiger charge is 2.12. The Morgan fingerprint density at radius 1 is 1.04 bits per heavy atom. The number of benzene rings is 2. The van der Waals surface area contributed by atoms with Crippen LogP contribution < -0.4 is 20.3 Å². The monoisotopic (exact) mass is 420 g/mol. The molecule has 0 unspecified atom stereocenters. The van der Waals surface area contributed by atoms with Gasteiger partial charge in [0.15, 0.2) is 11.5 Å². The summed E-state index contributed by atoms with van der Waals surface area (Å²) in [7, 11) is 1.51. The first-order valence-corrected chi connectivity index (χ1v) is 8.97. The second kappa shape index (κ2) is 9.82. The predicted molar refractivity (Wildman–Crippen MR) is 102 cm³/mol. The zero-order chi connectivity index (χ0) is 18.9. The van der Waals surface area contributed by atoms with Crippen LogP contribution in [-0.2, 0) is 11.2 Å². The number of methoxy groups -OCH3 is 1. The van der Waals surface area contributed by atoms with E-state index < -0.39 is 5.91 Å². The summed E-state index contributed by atoms with van der Waals surface area (Å²) < 4.78 is 11.7. The molecule has 138 valence electrons. The van der Waals surface area contributed by atoms with Gasteiger partial charge >= 0.3 is 0 Å². The fourth-order valence-electron chi connectivity index (χ4n) is 2.17. The molecule has 0 aromatic heterocycles. The average molecular weight is 421 g/mol. The van der Waals surface area contributed by atoms with Gasteiger partial charge in [-0.1, -0.05) is 35.0 Å². The van der Waals surface area contributed by atoms with Gasteiger partial charge in [0.1, 0.15) is 0 Å². The molecule has 0 saturated carbocycles. The van der Waals surface area contributed by atoms with Crippen molar-refractivity contribution in [3.8, 4) is 11.5 Å². The van der Waals surface area contributed by atoms with E-state index in [9.17, 15) is 9.59 Å². The van der Waals surface area contributed by atoms with Gasteiger partial charge in [-0.05, 0) is 42.3 Å². The van der Waals surface area contributed by atoms with E-state index in [-0.39, 0.29) is 12.3 Å². The van der Waals surface area contributed by atoms with Crippen molar-refractivity contribution in [3.05, 3.63) is 58.1 Å². The Morgan fingerprint density at radius 3 is 2.42 bits per heavy atom. The van der Waals surface area contributed by atoms with Crippen molar-refractivity contribution in [2.24, 2.45) is 0 Å². The molecule has 2 amide bonds. The van der Waals surface area contributed by atoms with Gasteiger partial charge in [-0.3, -0.25) is 20.4 Å². The molecule has 0 aliphatic carbocycles. The van der Waals surface area contributed by atoms with Crippen LogP contribution in [0.4, 0.5) is 0 Å². The molecule has 7 heteroatoms. The SMILES string of the molecule is CCCOc1ccc(C(=O)NNC(=O)Cc2ccc(Br)cc2)cc1OC. The van der Waals surface area contributed by atoms with Gasteiger partial charge in [0.2, 0.25) is 5.91 Å². The summed E-state index contributed by atoms with van der Waals surface area (Å²) in [5.74, 6) is 0.294. The van der Waals surface area contributed by atoms with E-state index in [1.807, 2.05) is 31.2 Å². The third-order valence-electron chi connectivity index (χ3n) is 3.48. The molecule has 0 fully saturated rings. The van der Waals surface area contributed by atoms with Crippen molar-refractivity contribution < 1.29 is 19.1 Å². The molecular formula is C19H21BrN2O4. The fourth-order valence-corrected chi connectivity index (χ4v) is 2.43. The lowest BCUT2D eigenvalue weighted by molar-refractivity contribution is -0.121. The standard InChI is InChI=1S/C19H21BrN2O4/c1-3-10-26-16-9-6-14(12-17(16)25-2)19(24)22-21-18(23)11-13-4-7-15(20)8-5-13/h4-9,12H,3,10-11H2,1-2H3,(H,21,23)(H,22,24). The lowest BCUT2D eigenvalue weighted by atomic mass is 10.1. The molecule has 0 spiro atoms. The van der Waals surface area contributed by atoms with Crippen LogP contribution in [0, 0.1) is 0 Å². The Bertz CT molecular complexity index is 763. The van der Waals surface area contributed by atoms with Crippen molar-refractivity contribution in [1.82, 2.24) is 10.9 Å². The van der Waals surface area contributed by atoms with Crippen molar-refractivity contribution in [1.29, 1.82) is 0 Å². The van der Waals surface area contributed by atoms with Crippen molar-refractivity contribution >= 4 is 27.7 Å². The van der Waals surface area contributed by atoms with Crippen molar-refractivity contribution in [2.75, 3.05) is 13.7 Å². The first-order valence-electron chi connectivity index (χ1n) is 8.18. The van der Waals surface area contributed by atoms with E-state index in [0.29, 0.717) is 23.7 Å². The van der Waals surface area contributed by atoms with Crippen LogP contribution in [0.3, 0.4) is 0 Å². The number of hydrogen-bond donors (Lipinski definition) is 2. The van der Waals surface area contributed by atoms with Crippen molar-refractivity contribution in [3.63, 3.8) is 0 Å². The summed E-state index contributed by atoms with van der Waals surface area (Å²) in [5.41, 5.74) is 6.01. The number of halogens is 1. The van der Waals surface area contributed by atoms with E-state index >= 15 is 0 Å². The Kier molecular flexibility index (Phi) is 7.47. The van der Waals surface area contributed by atoms with Crippen LogP contribution >= 0.6 is 15.9 Å². The molecule has 2 aromatic rings. The predicted octanol–water partition coefficient (Wildman–Crippen LogP) is 3.25. The Labute approximate surface area is 161 Å². The van der Waals surface area contributed by atoms with Gasteiger partial charge < -0.3 is 9.47 Å². The van der Waals surface area contributed by atoms with E-state index in [1.165, 1.54) is 7.11 Å². The fraction of sp³-hybridized carbons (Fsp3) is 0.263. The average Bonchev–Trinajstić information content (AvgIpc) is 2.66. The van der Waals surface area contributed by atoms with Gasteiger partial charge in [-0.15, -0.1) is 0 Å². The van der Waals surface area contributed by atoms with Gasteiger partial charge in [0, 0.05) is 10.0 Å². The van der Waals surface area contributed by atoms with E-state index in [1.54, 1.807) is 18.2 Å². The molecule has 2 aromatic carbocycles. The Balaban J connectivity index is 1.92. The highest BCUT2D eigenvalue weighted by atomic mass is 79.9. The lowest BCUT2D eigenvalue weighted by Gasteiger charge is -2.12. The second-order valence-electron chi connectivity index (χ2n) is 5.52. The summed E-state index contributed by atoms with van der Waals surface area (Å²) in [6.07, 6.45) is 1.04. The van der Waals surface area contributed by atoms with E-state index in [2.05, 4.69) is 26.8 Å². The highest BCUT2D eigenvalue weighted by Crippen LogP contribution is 2.28. The molecular weight excluding hydrogens is 400 g/mol. The zero-order valence-electron chi connectivity index (χ0n) is 14.7. The molecule has 2 rings (SSSR count). The topological polar surface area (TPSA) is 76.7 Å². The van der Waals surface area contributed by atoms with Gasteiger partial charge in [-0.2, -0.15) is 0 Å². The molecule has 2 N–H and O–H groups in total. The minimum Gasteiger partial charge on any atom is -0.493 e. The van der Waals surface area contributed by atoms with Gasteiger partial charge in [0.05, 0.1) is 20.1 Å². The number of amides is 2. The normalized spacial score (nSPS) is 10.1. The maximum absolute atomic E-state index is 12.2. The Hall–Kier alpha value is -2.54. The van der Waals surface area contributed by atoms with Crippen LogP contribution in [0.5, 0.6) is 11.5 Å². The van der Waals surface area contributed by atoms with E-state index in [4.69, 9.17) is 9.47 Å². The quantitative estimate of drug-likeness (QED) is 0.673. The maximum Gasteiger partial charge on any atom is 0.269 e. The maximum atomic E-state index is 12.2. The number of ether oxygens (including phenoxy) is 2. The van der Waals surface area contributed by atoms with Crippen LogP contribution in [0.25, 0.3) is 0 Å². The number of carbonyl (C=O) groups is 2.